The fraction of sp³-hybridized carbons (Fsp3) is 0.444. The van der Waals surface area contributed by atoms with Crippen molar-refractivity contribution < 1.29 is 9.90 Å². The van der Waals surface area contributed by atoms with Gasteiger partial charge in [-0.15, -0.1) is 0 Å². The highest BCUT2D eigenvalue weighted by molar-refractivity contribution is 6.31. The molecule has 1 fully saturated rings. The van der Waals surface area contributed by atoms with Gasteiger partial charge in [-0.1, -0.05) is 11.6 Å². The van der Waals surface area contributed by atoms with Crippen molar-refractivity contribution >= 4 is 23.2 Å². The summed E-state index contributed by atoms with van der Waals surface area (Å²) < 4.78 is 0. The number of nitrogens with one attached hydrogen (secondary N) is 1. The van der Waals surface area contributed by atoms with Crippen LogP contribution in [0.3, 0.4) is 0 Å². The van der Waals surface area contributed by atoms with Crippen molar-refractivity contribution in [2.75, 3.05) is 31.1 Å². The Kier molecular flexibility index (Phi) is 4.27. The van der Waals surface area contributed by atoms with Gasteiger partial charge in [-0.3, -0.25) is 14.8 Å². The second-order valence-electron chi connectivity index (χ2n) is 6.81. The predicted octanol–water partition coefficient (Wildman–Crippen LogP) is 1.94. The molecule has 3 heterocycles. The van der Waals surface area contributed by atoms with E-state index in [4.69, 9.17) is 11.6 Å². The first kappa shape index (κ1) is 16.6. The van der Waals surface area contributed by atoms with Crippen molar-refractivity contribution in [3.8, 4) is 0 Å². The number of carbonyl (C=O) groups is 1. The molecule has 2 aromatic rings. The molecule has 1 spiro atoms. The number of halogens is 1. The van der Waals surface area contributed by atoms with E-state index in [9.17, 15) is 9.90 Å². The number of aliphatic hydroxyl groups excluding tert-OH is 1. The molecule has 2 aliphatic heterocycles. The zero-order chi connectivity index (χ0) is 17.4. The van der Waals surface area contributed by atoms with Gasteiger partial charge in [0.1, 0.15) is 0 Å². The maximum atomic E-state index is 13.2. The van der Waals surface area contributed by atoms with Gasteiger partial charge in [0.05, 0.1) is 18.2 Å². The van der Waals surface area contributed by atoms with Gasteiger partial charge in [-0.05, 0) is 49.7 Å². The van der Waals surface area contributed by atoms with Gasteiger partial charge in [-0.25, -0.2) is 0 Å². The third-order valence-corrected chi connectivity index (χ3v) is 5.65. The average Bonchev–Trinajstić information content (AvgIpc) is 3.19. The number of aliphatic hydroxyl groups is 1. The van der Waals surface area contributed by atoms with Crippen LogP contribution in [0.2, 0.25) is 5.02 Å². The van der Waals surface area contributed by atoms with Gasteiger partial charge in [0.15, 0.2) is 0 Å². The van der Waals surface area contributed by atoms with Crippen molar-refractivity contribution in [1.82, 2.24) is 15.1 Å². The fourth-order valence-corrected chi connectivity index (χ4v) is 4.30. The van der Waals surface area contributed by atoms with E-state index < -0.39 is 5.41 Å². The van der Waals surface area contributed by atoms with Crippen LogP contribution in [0.25, 0.3) is 0 Å². The van der Waals surface area contributed by atoms with E-state index in [1.165, 1.54) is 0 Å². The summed E-state index contributed by atoms with van der Waals surface area (Å²) in [7, 11) is 0. The number of hydrogen-bond donors (Lipinski definition) is 2. The molecule has 2 aliphatic rings. The Morgan fingerprint density at radius 3 is 2.80 bits per heavy atom. The monoisotopic (exact) mass is 360 g/mol. The lowest BCUT2D eigenvalue weighted by atomic mass is 9.73. The van der Waals surface area contributed by atoms with Gasteiger partial charge in [0.25, 0.3) is 0 Å². The number of β-amino-alcohol motifs (C(OH)–C–C–N with tert-alkyl or cyclic N) is 1. The largest absolute Gasteiger partial charge is 0.395 e. The summed E-state index contributed by atoms with van der Waals surface area (Å²) in [6.45, 7) is 2.81. The maximum absolute atomic E-state index is 13.2. The third kappa shape index (κ3) is 2.74. The van der Waals surface area contributed by atoms with Crippen LogP contribution in [0.5, 0.6) is 0 Å². The zero-order valence-corrected chi connectivity index (χ0v) is 14.7. The van der Waals surface area contributed by atoms with Gasteiger partial charge in [0, 0.05) is 35.6 Å². The number of anilines is 1. The van der Waals surface area contributed by atoms with E-state index in [-0.39, 0.29) is 12.5 Å². The summed E-state index contributed by atoms with van der Waals surface area (Å²) in [5.41, 5.74) is 2.55. The molecule has 1 aromatic heterocycles. The van der Waals surface area contributed by atoms with E-state index in [2.05, 4.69) is 15.1 Å². The van der Waals surface area contributed by atoms with E-state index in [1.807, 2.05) is 30.6 Å². The topological polar surface area (TPSA) is 72.5 Å². The highest BCUT2D eigenvalue weighted by Gasteiger charge is 2.51. The number of rotatable bonds is 4. The molecule has 1 aromatic carbocycles. The average molecular weight is 361 g/mol. The minimum Gasteiger partial charge on any atom is -0.395 e. The summed E-state index contributed by atoms with van der Waals surface area (Å²) in [4.78, 5) is 17.3. The van der Waals surface area contributed by atoms with Crippen molar-refractivity contribution in [2.45, 2.75) is 24.8 Å². The summed E-state index contributed by atoms with van der Waals surface area (Å²) >= 11 is 6.22. The highest BCUT2D eigenvalue weighted by Crippen LogP contribution is 2.48. The molecule has 0 unspecified atom stereocenters. The molecular formula is C18H21ClN4O2. The van der Waals surface area contributed by atoms with Crippen LogP contribution in [0.1, 0.15) is 24.0 Å². The lowest BCUT2D eigenvalue weighted by molar-refractivity contribution is -0.125. The molecule has 0 saturated carbocycles. The van der Waals surface area contributed by atoms with Crippen molar-refractivity contribution in [2.24, 2.45) is 0 Å². The van der Waals surface area contributed by atoms with Gasteiger partial charge >= 0.3 is 0 Å². The number of likely N-dealkylation sites (tertiary alicyclic amines) is 1. The van der Waals surface area contributed by atoms with Crippen LogP contribution in [0, 0.1) is 0 Å². The van der Waals surface area contributed by atoms with E-state index in [0.717, 1.165) is 49.3 Å². The number of hydrogen-bond acceptors (Lipinski definition) is 4. The molecule has 0 aliphatic carbocycles. The number of aromatic nitrogens is 2. The number of piperidine rings is 1. The molecule has 1 amide bonds. The van der Waals surface area contributed by atoms with Crippen LogP contribution < -0.4 is 4.90 Å². The summed E-state index contributed by atoms with van der Waals surface area (Å²) in [5, 5.41) is 16.8. The summed E-state index contributed by atoms with van der Waals surface area (Å²) in [6.07, 6.45) is 5.27. The fourth-order valence-electron chi connectivity index (χ4n) is 4.13. The Hall–Kier alpha value is -1.89. The van der Waals surface area contributed by atoms with Gasteiger partial charge in [0.2, 0.25) is 5.91 Å². The van der Waals surface area contributed by atoms with Gasteiger partial charge < -0.3 is 10.0 Å². The lowest BCUT2D eigenvalue weighted by Crippen LogP contribution is -2.48. The standard InChI is InChI=1S/C18H21ClN4O2/c19-14-1-2-16-15(9-14)18(17(25)23(16)7-8-24)3-5-22(6-4-18)12-13-10-20-21-11-13/h1-2,9-11,24H,3-8,12H2,(H,20,21). The van der Waals surface area contributed by atoms with Crippen molar-refractivity contribution in [3.63, 3.8) is 0 Å². The first-order valence-electron chi connectivity index (χ1n) is 8.57. The van der Waals surface area contributed by atoms with Crippen LogP contribution in [0.15, 0.2) is 30.6 Å². The molecule has 0 radical (unpaired) electrons. The van der Waals surface area contributed by atoms with Crippen LogP contribution in [-0.4, -0.2) is 52.4 Å². The lowest BCUT2D eigenvalue weighted by Gasteiger charge is -2.38. The minimum atomic E-state index is -0.512. The third-order valence-electron chi connectivity index (χ3n) is 5.41. The minimum absolute atomic E-state index is 0.0451. The second kappa shape index (κ2) is 6.44. The molecule has 6 nitrogen and oxygen atoms in total. The van der Waals surface area contributed by atoms with E-state index >= 15 is 0 Å². The first-order chi connectivity index (χ1) is 12.1. The summed E-state index contributed by atoms with van der Waals surface area (Å²) in [5.74, 6) is 0.0989. The zero-order valence-electron chi connectivity index (χ0n) is 13.9. The Labute approximate surface area is 151 Å². The number of amides is 1. The van der Waals surface area contributed by atoms with Crippen molar-refractivity contribution in [3.05, 3.63) is 46.7 Å². The molecular weight excluding hydrogens is 340 g/mol. The number of fused-ring (bicyclic) bond motifs is 2. The molecule has 1 saturated heterocycles. The number of aromatic amines is 1. The smallest absolute Gasteiger partial charge is 0.237 e. The number of nitrogens with zero attached hydrogens (tertiary/aromatic N) is 3. The Bertz CT molecular complexity index is 769. The van der Waals surface area contributed by atoms with Crippen LogP contribution >= 0.6 is 11.6 Å². The highest BCUT2D eigenvalue weighted by atomic mass is 35.5. The van der Waals surface area contributed by atoms with Crippen LogP contribution in [-0.2, 0) is 16.8 Å². The number of benzene rings is 1. The predicted molar refractivity (Wildman–Crippen MR) is 95.7 cm³/mol. The quantitative estimate of drug-likeness (QED) is 0.874. The summed E-state index contributed by atoms with van der Waals surface area (Å²) in [6, 6.07) is 5.64. The molecule has 0 bridgehead atoms. The Morgan fingerprint density at radius 1 is 1.32 bits per heavy atom. The molecule has 2 N–H and O–H groups in total. The normalized spacial score (nSPS) is 19.6. The molecule has 4 rings (SSSR count). The molecule has 25 heavy (non-hydrogen) atoms. The SMILES string of the molecule is O=C1N(CCO)c2ccc(Cl)cc2C12CCN(Cc1cn[nH]c1)CC2. The number of carbonyl (C=O) groups excluding carboxylic acids is 1. The number of H-pyrrole nitrogens is 1. The Balaban J connectivity index is 1.59. The maximum Gasteiger partial charge on any atom is 0.237 e. The molecule has 0 atom stereocenters. The van der Waals surface area contributed by atoms with Gasteiger partial charge in [-0.2, -0.15) is 5.10 Å². The van der Waals surface area contributed by atoms with E-state index in [0.29, 0.717) is 11.6 Å². The molecule has 7 heteroatoms. The molecule has 132 valence electrons. The first-order valence-corrected chi connectivity index (χ1v) is 8.95. The van der Waals surface area contributed by atoms with Crippen LogP contribution in [0.4, 0.5) is 5.69 Å². The van der Waals surface area contributed by atoms with Crippen molar-refractivity contribution in [1.29, 1.82) is 0 Å². The Morgan fingerprint density at radius 2 is 2.12 bits per heavy atom. The van der Waals surface area contributed by atoms with E-state index in [1.54, 1.807) is 4.90 Å². The second-order valence-corrected chi connectivity index (χ2v) is 7.24.